The molecule has 0 unspecified atom stereocenters. The molecule has 1 aliphatic heterocycles. The Morgan fingerprint density at radius 2 is 2.04 bits per heavy atom. The van der Waals surface area contributed by atoms with E-state index in [-0.39, 0.29) is 11.5 Å². The van der Waals surface area contributed by atoms with Gasteiger partial charge in [0.25, 0.3) is 0 Å². The average Bonchev–Trinajstić information content (AvgIpc) is 3.14. The van der Waals surface area contributed by atoms with Crippen LogP contribution in [0.2, 0.25) is 0 Å². The highest BCUT2D eigenvalue weighted by molar-refractivity contribution is 5.68. The molecular formula is C17H22N4O3. The first-order valence-electron chi connectivity index (χ1n) is 7.99. The lowest BCUT2D eigenvalue weighted by Crippen LogP contribution is -2.37. The van der Waals surface area contributed by atoms with Crippen LogP contribution in [0.5, 0.6) is 0 Å². The summed E-state index contributed by atoms with van der Waals surface area (Å²) in [5, 5.41) is 4.06. The van der Waals surface area contributed by atoms with Crippen LogP contribution in [-0.4, -0.2) is 44.8 Å². The summed E-state index contributed by atoms with van der Waals surface area (Å²) < 4.78 is 10.9. The van der Waals surface area contributed by atoms with Gasteiger partial charge in [0.2, 0.25) is 11.7 Å². The minimum atomic E-state index is -0.505. The Kier molecular flexibility index (Phi) is 4.03. The van der Waals surface area contributed by atoms with Crippen molar-refractivity contribution in [3.63, 3.8) is 0 Å². The predicted octanol–water partition coefficient (Wildman–Crippen LogP) is 3.03. The van der Waals surface area contributed by atoms with Gasteiger partial charge < -0.3 is 14.2 Å². The molecule has 3 heterocycles. The Bertz CT molecular complexity index is 723. The molecule has 7 heteroatoms. The lowest BCUT2D eigenvalue weighted by molar-refractivity contribution is 0.0283. The Labute approximate surface area is 141 Å². The first kappa shape index (κ1) is 16.4. The maximum Gasteiger partial charge on any atom is 0.410 e. The Balaban J connectivity index is 1.74. The highest BCUT2D eigenvalue weighted by Crippen LogP contribution is 2.34. The van der Waals surface area contributed by atoms with Gasteiger partial charge in [0.15, 0.2) is 0 Å². The molecule has 24 heavy (non-hydrogen) atoms. The summed E-state index contributed by atoms with van der Waals surface area (Å²) in [6.07, 6.45) is 3.82. The van der Waals surface area contributed by atoms with Crippen LogP contribution < -0.4 is 0 Å². The Morgan fingerprint density at radius 3 is 2.71 bits per heavy atom. The van der Waals surface area contributed by atoms with Gasteiger partial charge in [-0.25, -0.2) is 4.79 Å². The van der Waals surface area contributed by atoms with Crippen LogP contribution in [0.3, 0.4) is 0 Å². The van der Waals surface area contributed by atoms with E-state index in [9.17, 15) is 4.79 Å². The van der Waals surface area contributed by atoms with Gasteiger partial charge in [-0.15, -0.1) is 0 Å². The number of aromatic nitrogens is 3. The van der Waals surface area contributed by atoms with Crippen LogP contribution >= 0.6 is 0 Å². The monoisotopic (exact) mass is 330 g/mol. The quantitative estimate of drug-likeness (QED) is 0.842. The van der Waals surface area contributed by atoms with Crippen LogP contribution in [-0.2, 0) is 10.2 Å². The van der Waals surface area contributed by atoms with E-state index in [0.29, 0.717) is 24.8 Å². The van der Waals surface area contributed by atoms with E-state index in [0.717, 1.165) is 12.0 Å². The third-order valence-electron chi connectivity index (χ3n) is 4.01. The number of ether oxygens (including phenoxy) is 1. The molecule has 0 aliphatic carbocycles. The molecule has 1 fully saturated rings. The second kappa shape index (κ2) is 5.89. The van der Waals surface area contributed by atoms with Gasteiger partial charge >= 0.3 is 6.09 Å². The van der Waals surface area contributed by atoms with Crippen LogP contribution in [0.25, 0.3) is 11.4 Å². The summed E-state index contributed by atoms with van der Waals surface area (Å²) in [6, 6.07) is 3.66. The maximum atomic E-state index is 12.2. The molecule has 1 saturated heterocycles. The SMILES string of the molecule is CC(C)(C)OC(=O)N1CC[C@](C)(c2nc(-c3ccncc3)no2)C1. The van der Waals surface area contributed by atoms with Crippen molar-refractivity contribution in [1.82, 2.24) is 20.0 Å². The smallest absolute Gasteiger partial charge is 0.410 e. The summed E-state index contributed by atoms with van der Waals surface area (Å²) in [6.45, 7) is 8.72. The zero-order valence-corrected chi connectivity index (χ0v) is 14.4. The molecule has 1 amide bonds. The number of nitrogens with zero attached hydrogens (tertiary/aromatic N) is 4. The fourth-order valence-corrected chi connectivity index (χ4v) is 2.70. The van der Waals surface area contributed by atoms with Crippen molar-refractivity contribution < 1.29 is 14.1 Å². The largest absolute Gasteiger partial charge is 0.444 e. The topological polar surface area (TPSA) is 81.4 Å². The third-order valence-corrected chi connectivity index (χ3v) is 4.01. The zero-order valence-electron chi connectivity index (χ0n) is 14.4. The van der Waals surface area contributed by atoms with Crippen LogP contribution in [0, 0.1) is 0 Å². The number of hydrogen-bond acceptors (Lipinski definition) is 6. The predicted molar refractivity (Wildman–Crippen MR) is 87.3 cm³/mol. The Hall–Kier alpha value is -2.44. The van der Waals surface area contributed by atoms with E-state index >= 15 is 0 Å². The van der Waals surface area contributed by atoms with E-state index in [4.69, 9.17) is 9.26 Å². The normalized spacial score (nSPS) is 21.1. The van der Waals surface area contributed by atoms with Gasteiger partial charge in [0, 0.05) is 31.0 Å². The third kappa shape index (κ3) is 3.39. The molecule has 0 spiro atoms. The van der Waals surface area contributed by atoms with E-state index < -0.39 is 5.60 Å². The highest BCUT2D eigenvalue weighted by Gasteiger charge is 2.43. The van der Waals surface area contributed by atoms with Crippen molar-refractivity contribution in [3.8, 4) is 11.4 Å². The molecule has 2 aromatic heterocycles. The van der Waals surface area contributed by atoms with Crippen molar-refractivity contribution >= 4 is 6.09 Å². The molecular weight excluding hydrogens is 308 g/mol. The average molecular weight is 330 g/mol. The van der Waals surface area contributed by atoms with Crippen LogP contribution in [0.15, 0.2) is 29.0 Å². The van der Waals surface area contributed by atoms with Gasteiger partial charge in [-0.05, 0) is 46.2 Å². The molecule has 0 radical (unpaired) electrons. The molecule has 0 saturated carbocycles. The number of carbonyl (C=O) groups excluding carboxylic acids is 1. The first-order chi connectivity index (χ1) is 11.3. The number of hydrogen-bond donors (Lipinski definition) is 0. The second-order valence-electron chi connectivity index (χ2n) is 7.37. The molecule has 0 N–H and O–H groups in total. The van der Waals surface area contributed by atoms with E-state index in [1.165, 1.54) is 0 Å². The maximum absolute atomic E-state index is 12.2. The van der Waals surface area contributed by atoms with Gasteiger partial charge in [0.05, 0.1) is 5.41 Å². The van der Waals surface area contributed by atoms with E-state index in [1.54, 1.807) is 17.3 Å². The van der Waals surface area contributed by atoms with Gasteiger partial charge in [0.1, 0.15) is 5.60 Å². The van der Waals surface area contributed by atoms with Crippen molar-refractivity contribution in [1.29, 1.82) is 0 Å². The zero-order chi connectivity index (χ0) is 17.4. The van der Waals surface area contributed by atoms with Crippen molar-refractivity contribution in [2.45, 2.75) is 45.1 Å². The molecule has 1 atom stereocenters. The fraction of sp³-hybridized carbons (Fsp3) is 0.529. The number of pyridine rings is 1. The second-order valence-corrected chi connectivity index (χ2v) is 7.37. The Morgan fingerprint density at radius 1 is 1.33 bits per heavy atom. The lowest BCUT2D eigenvalue weighted by Gasteiger charge is -2.25. The molecule has 3 rings (SSSR count). The number of rotatable bonds is 2. The molecule has 7 nitrogen and oxygen atoms in total. The highest BCUT2D eigenvalue weighted by atomic mass is 16.6. The number of likely N-dealkylation sites (tertiary alicyclic amines) is 1. The number of carbonyl (C=O) groups is 1. The molecule has 128 valence electrons. The van der Waals surface area contributed by atoms with Crippen molar-refractivity contribution in [2.75, 3.05) is 13.1 Å². The molecule has 0 bridgehead atoms. The minimum Gasteiger partial charge on any atom is -0.444 e. The summed E-state index contributed by atoms with van der Waals surface area (Å²) in [4.78, 5) is 22.4. The van der Waals surface area contributed by atoms with Gasteiger partial charge in [-0.2, -0.15) is 4.98 Å². The standard InChI is InChI=1S/C17H22N4O3/c1-16(2,3)23-15(22)21-10-7-17(4,11-21)14-19-13(20-24-14)12-5-8-18-9-6-12/h5-6,8-9H,7,10-11H2,1-4H3/t17-/m0/s1. The minimum absolute atomic E-state index is 0.305. The van der Waals surface area contributed by atoms with Gasteiger partial charge in [-0.1, -0.05) is 5.16 Å². The van der Waals surface area contributed by atoms with Gasteiger partial charge in [-0.3, -0.25) is 4.98 Å². The van der Waals surface area contributed by atoms with Crippen LogP contribution in [0.4, 0.5) is 4.79 Å². The van der Waals surface area contributed by atoms with Crippen molar-refractivity contribution in [2.24, 2.45) is 0 Å². The van der Waals surface area contributed by atoms with E-state index in [2.05, 4.69) is 15.1 Å². The summed E-state index contributed by atoms with van der Waals surface area (Å²) in [5.74, 6) is 1.07. The number of amides is 1. The summed E-state index contributed by atoms with van der Waals surface area (Å²) >= 11 is 0. The molecule has 2 aromatic rings. The molecule has 1 aliphatic rings. The fourth-order valence-electron chi connectivity index (χ4n) is 2.70. The van der Waals surface area contributed by atoms with Crippen molar-refractivity contribution in [3.05, 3.63) is 30.4 Å². The van der Waals surface area contributed by atoms with Crippen LogP contribution in [0.1, 0.15) is 40.0 Å². The first-order valence-corrected chi connectivity index (χ1v) is 7.99. The van der Waals surface area contributed by atoms with E-state index in [1.807, 2.05) is 39.8 Å². The molecule has 0 aromatic carbocycles. The summed E-state index contributed by atoms with van der Waals surface area (Å²) in [5.41, 5.74) is -0.0184. The lowest BCUT2D eigenvalue weighted by atomic mass is 9.90. The summed E-state index contributed by atoms with van der Waals surface area (Å²) in [7, 11) is 0.